The van der Waals surface area contributed by atoms with Gasteiger partial charge in [-0.05, 0) is 17.7 Å². The van der Waals surface area contributed by atoms with Crippen molar-refractivity contribution in [3.8, 4) is 0 Å². The molecule has 5 nitrogen and oxygen atoms in total. The Hall–Kier alpha value is -2.66. The van der Waals surface area contributed by atoms with Gasteiger partial charge in [0.2, 0.25) is 5.91 Å². The van der Waals surface area contributed by atoms with Gasteiger partial charge in [0.15, 0.2) is 0 Å². The standard InChI is InChI=1S/C22H26N4O/c1-2-22(27)25-14-12-24(13-15-25)17-21-23-19-10-6-7-11-20(19)26(21)16-18-8-4-3-5-9-18/h3-11H,2,12-17H2,1H3. The van der Waals surface area contributed by atoms with Crippen molar-refractivity contribution in [2.45, 2.75) is 26.4 Å². The lowest BCUT2D eigenvalue weighted by atomic mass is 10.2. The van der Waals surface area contributed by atoms with E-state index in [4.69, 9.17) is 4.98 Å². The lowest BCUT2D eigenvalue weighted by Gasteiger charge is -2.34. The fourth-order valence-corrected chi connectivity index (χ4v) is 3.77. The highest BCUT2D eigenvalue weighted by atomic mass is 16.2. The van der Waals surface area contributed by atoms with Crippen molar-refractivity contribution in [2.75, 3.05) is 26.2 Å². The van der Waals surface area contributed by atoms with Gasteiger partial charge in [0, 0.05) is 39.1 Å². The average Bonchev–Trinajstić information content (AvgIpc) is 3.06. The maximum atomic E-state index is 11.9. The summed E-state index contributed by atoms with van der Waals surface area (Å²) in [4.78, 5) is 21.2. The van der Waals surface area contributed by atoms with Crippen molar-refractivity contribution in [3.63, 3.8) is 0 Å². The number of fused-ring (bicyclic) bond motifs is 1. The molecule has 1 aliphatic rings. The summed E-state index contributed by atoms with van der Waals surface area (Å²) in [5.74, 6) is 1.35. The minimum absolute atomic E-state index is 0.256. The monoisotopic (exact) mass is 362 g/mol. The highest BCUT2D eigenvalue weighted by molar-refractivity contribution is 5.76. The second-order valence-electron chi connectivity index (χ2n) is 7.10. The number of carbonyl (C=O) groups is 1. The van der Waals surface area contributed by atoms with E-state index < -0.39 is 0 Å². The van der Waals surface area contributed by atoms with E-state index in [9.17, 15) is 4.79 Å². The molecule has 140 valence electrons. The minimum Gasteiger partial charge on any atom is -0.340 e. The molecule has 2 heterocycles. The van der Waals surface area contributed by atoms with Crippen LogP contribution in [-0.2, 0) is 17.9 Å². The van der Waals surface area contributed by atoms with Gasteiger partial charge in [-0.25, -0.2) is 4.98 Å². The Bertz CT molecular complexity index is 910. The van der Waals surface area contributed by atoms with Gasteiger partial charge < -0.3 is 9.47 Å². The summed E-state index contributed by atoms with van der Waals surface area (Å²) in [5, 5.41) is 0. The van der Waals surface area contributed by atoms with Crippen molar-refractivity contribution in [3.05, 3.63) is 66.0 Å². The molecule has 1 aliphatic heterocycles. The van der Waals surface area contributed by atoms with Gasteiger partial charge >= 0.3 is 0 Å². The molecule has 0 aliphatic carbocycles. The molecule has 0 radical (unpaired) electrons. The molecule has 0 atom stereocenters. The zero-order valence-electron chi connectivity index (χ0n) is 15.8. The summed E-state index contributed by atoms with van der Waals surface area (Å²) >= 11 is 0. The van der Waals surface area contributed by atoms with Crippen molar-refractivity contribution in [1.29, 1.82) is 0 Å². The highest BCUT2D eigenvalue weighted by Gasteiger charge is 2.22. The van der Waals surface area contributed by atoms with Gasteiger partial charge in [0.05, 0.1) is 17.6 Å². The lowest BCUT2D eigenvalue weighted by molar-refractivity contribution is -0.132. The summed E-state index contributed by atoms with van der Waals surface area (Å²) in [6.45, 7) is 7.00. The van der Waals surface area contributed by atoms with E-state index in [0.717, 1.165) is 50.6 Å². The molecule has 0 saturated carbocycles. The van der Waals surface area contributed by atoms with Crippen LogP contribution in [-0.4, -0.2) is 51.4 Å². The molecule has 1 saturated heterocycles. The quantitative estimate of drug-likeness (QED) is 0.700. The molecule has 0 spiro atoms. The van der Waals surface area contributed by atoms with Crippen LogP contribution in [0.4, 0.5) is 0 Å². The summed E-state index contributed by atoms with van der Waals surface area (Å²) in [7, 11) is 0. The summed E-state index contributed by atoms with van der Waals surface area (Å²) in [6.07, 6.45) is 0.590. The first-order valence-electron chi connectivity index (χ1n) is 9.73. The van der Waals surface area contributed by atoms with E-state index >= 15 is 0 Å². The first kappa shape index (κ1) is 17.7. The van der Waals surface area contributed by atoms with Crippen LogP contribution < -0.4 is 0 Å². The van der Waals surface area contributed by atoms with Crippen LogP contribution in [0.1, 0.15) is 24.7 Å². The molecule has 4 rings (SSSR count). The number of hydrogen-bond donors (Lipinski definition) is 0. The van der Waals surface area contributed by atoms with Crippen LogP contribution in [0.15, 0.2) is 54.6 Å². The van der Waals surface area contributed by atoms with Crippen LogP contribution in [0, 0.1) is 0 Å². The topological polar surface area (TPSA) is 41.4 Å². The molecule has 2 aromatic carbocycles. The third-order valence-electron chi connectivity index (χ3n) is 5.31. The van der Waals surface area contributed by atoms with Gasteiger partial charge in [-0.2, -0.15) is 0 Å². The number of rotatable bonds is 5. The smallest absolute Gasteiger partial charge is 0.222 e. The molecule has 5 heteroatoms. The van der Waals surface area contributed by atoms with Crippen LogP contribution in [0.2, 0.25) is 0 Å². The van der Waals surface area contributed by atoms with Gasteiger partial charge in [-0.15, -0.1) is 0 Å². The second kappa shape index (κ2) is 7.92. The van der Waals surface area contributed by atoms with Gasteiger partial charge in [0.1, 0.15) is 5.82 Å². The fourth-order valence-electron chi connectivity index (χ4n) is 3.77. The molecule has 0 bridgehead atoms. The van der Waals surface area contributed by atoms with Gasteiger partial charge in [-0.1, -0.05) is 49.4 Å². The van der Waals surface area contributed by atoms with E-state index in [1.807, 2.05) is 24.0 Å². The Morgan fingerprint density at radius 1 is 0.926 bits per heavy atom. The molecule has 0 unspecified atom stereocenters. The molecule has 0 N–H and O–H groups in total. The third-order valence-corrected chi connectivity index (χ3v) is 5.31. The lowest BCUT2D eigenvalue weighted by Crippen LogP contribution is -2.48. The van der Waals surface area contributed by atoms with Crippen LogP contribution >= 0.6 is 0 Å². The number of imidazole rings is 1. The van der Waals surface area contributed by atoms with Crippen molar-refractivity contribution >= 4 is 16.9 Å². The minimum atomic E-state index is 0.256. The number of carbonyl (C=O) groups excluding carboxylic acids is 1. The summed E-state index contributed by atoms with van der Waals surface area (Å²) < 4.78 is 2.33. The van der Waals surface area contributed by atoms with Crippen LogP contribution in [0.25, 0.3) is 11.0 Å². The number of benzene rings is 2. The van der Waals surface area contributed by atoms with Gasteiger partial charge in [0.25, 0.3) is 0 Å². The maximum Gasteiger partial charge on any atom is 0.222 e. The normalized spacial score (nSPS) is 15.4. The maximum absolute atomic E-state index is 11.9. The van der Waals surface area contributed by atoms with Gasteiger partial charge in [-0.3, -0.25) is 9.69 Å². The average molecular weight is 362 g/mol. The van der Waals surface area contributed by atoms with E-state index in [1.54, 1.807) is 0 Å². The van der Waals surface area contributed by atoms with Crippen molar-refractivity contribution in [2.24, 2.45) is 0 Å². The Balaban J connectivity index is 1.55. The van der Waals surface area contributed by atoms with E-state index in [-0.39, 0.29) is 5.91 Å². The van der Waals surface area contributed by atoms with E-state index in [1.165, 1.54) is 11.1 Å². The number of hydrogen-bond acceptors (Lipinski definition) is 3. The van der Waals surface area contributed by atoms with Crippen LogP contribution in [0.5, 0.6) is 0 Å². The predicted molar refractivity (Wildman–Crippen MR) is 107 cm³/mol. The zero-order chi connectivity index (χ0) is 18.6. The summed E-state index contributed by atoms with van der Waals surface area (Å²) in [5.41, 5.74) is 3.50. The Morgan fingerprint density at radius 2 is 1.63 bits per heavy atom. The molecule has 1 fully saturated rings. The molecule has 1 aromatic heterocycles. The third kappa shape index (κ3) is 3.88. The molecular formula is C22H26N4O. The predicted octanol–water partition coefficient (Wildman–Crippen LogP) is 3.14. The van der Waals surface area contributed by atoms with E-state index in [2.05, 4.69) is 51.9 Å². The molecule has 1 amide bonds. The number of nitrogens with zero attached hydrogens (tertiary/aromatic N) is 4. The number of piperazine rings is 1. The molecule has 27 heavy (non-hydrogen) atoms. The second-order valence-corrected chi connectivity index (χ2v) is 7.10. The van der Waals surface area contributed by atoms with Crippen molar-refractivity contribution in [1.82, 2.24) is 19.4 Å². The van der Waals surface area contributed by atoms with Crippen LogP contribution in [0.3, 0.4) is 0 Å². The summed E-state index contributed by atoms with van der Waals surface area (Å²) in [6, 6.07) is 18.9. The number of para-hydroxylation sites is 2. The highest BCUT2D eigenvalue weighted by Crippen LogP contribution is 2.20. The first-order chi connectivity index (χ1) is 13.2. The van der Waals surface area contributed by atoms with E-state index in [0.29, 0.717) is 6.42 Å². The molecule has 3 aromatic rings. The largest absolute Gasteiger partial charge is 0.340 e. The Labute approximate surface area is 160 Å². The number of aromatic nitrogens is 2. The Morgan fingerprint density at radius 3 is 2.37 bits per heavy atom. The number of amides is 1. The first-order valence-corrected chi connectivity index (χ1v) is 9.73. The SMILES string of the molecule is CCC(=O)N1CCN(Cc2nc3ccccc3n2Cc2ccccc2)CC1. The zero-order valence-corrected chi connectivity index (χ0v) is 15.8. The molecular weight excluding hydrogens is 336 g/mol. The Kier molecular flexibility index (Phi) is 5.21. The van der Waals surface area contributed by atoms with Crippen molar-refractivity contribution < 1.29 is 4.79 Å². The fraction of sp³-hybridized carbons (Fsp3) is 0.364.